The quantitative estimate of drug-likeness (QED) is 0.922. The van der Waals surface area contributed by atoms with Gasteiger partial charge in [0.25, 0.3) is 0 Å². The Morgan fingerprint density at radius 3 is 2.95 bits per heavy atom. The zero-order chi connectivity index (χ0) is 13.9. The van der Waals surface area contributed by atoms with Crippen molar-refractivity contribution in [2.24, 2.45) is 11.8 Å². The third-order valence-electron chi connectivity index (χ3n) is 4.63. The van der Waals surface area contributed by atoms with Crippen LogP contribution in [0, 0.1) is 18.8 Å². The molecule has 0 bridgehead atoms. The number of nitrogens with zero attached hydrogens (tertiary/aromatic N) is 2. The molecular formula is C15H23N3O2. The van der Waals surface area contributed by atoms with Crippen LogP contribution < -0.4 is 5.32 Å². The first-order chi connectivity index (χ1) is 9.70. The highest BCUT2D eigenvalue weighted by Crippen LogP contribution is 2.35. The molecule has 0 spiro atoms. The predicted molar refractivity (Wildman–Crippen MR) is 76.4 cm³/mol. The summed E-state index contributed by atoms with van der Waals surface area (Å²) in [5.41, 5.74) is 0.781. The summed E-state index contributed by atoms with van der Waals surface area (Å²) < 4.78 is 5.01. The monoisotopic (exact) mass is 277 g/mol. The van der Waals surface area contributed by atoms with E-state index < -0.39 is 0 Å². The number of rotatable bonds is 3. The molecule has 1 saturated carbocycles. The largest absolute Gasteiger partial charge is 0.338 e. The Labute approximate surface area is 119 Å². The van der Waals surface area contributed by atoms with E-state index in [0.29, 0.717) is 12.4 Å². The van der Waals surface area contributed by atoms with Crippen molar-refractivity contribution < 1.29 is 9.32 Å². The number of nitrogens with one attached hydrogen (secondary N) is 1. The number of anilines is 1. The number of hydrogen-bond acceptors (Lipinski definition) is 4. The van der Waals surface area contributed by atoms with Crippen molar-refractivity contribution in [2.45, 2.75) is 39.0 Å². The van der Waals surface area contributed by atoms with Crippen LogP contribution in [0.15, 0.2) is 10.6 Å². The molecule has 1 amide bonds. The Kier molecular flexibility index (Phi) is 4.05. The van der Waals surface area contributed by atoms with Crippen LogP contribution in [0.5, 0.6) is 0 Å². The lowest BCUT2D eigenvalue weighted by Gasteiger charge is -2.40. The minimum absolute atomic E-state index is 0.00425. The number of carbonyl (C=O) groups is 1. The number of aryl methyl sites for hydroxylation is 1. The molecule has 1 aromatic heterocycles. The Hall–Kier alpha value is -1.36. The zero-order valence-corrected chi connectivity index (χ0v) is 12.1. The molecule has 2 heterocycles. The Morgan fingerprint density at radius 2 is 2.20 bits per heavy atom. The first-order valence-corrected chi connectivity index (χ1v) is 7.66. The van der Waals surface area contributed by atoms with E-state index in [4.69, 9.17) is 4.52 Å². The Morgan fingerprint density at radius 1 is 1.40 bits per heavy atom. The number of likely N-dealkylation sites (tertiary alicyclic amines) is 1. The van der Waals surface area contributed by atoms with Gasteiger partial charge in [-0.2, -0.15) is 0 Å². The third-order valence-corrected chi connectivity index (χ3v) is 4.63. The molecule has 5 nitrogen and oxygen atoms in total. The fourth-order valence-corrected chi connectivity index (χ4v) is 3.62. The SMILES string of the molecule is Cc1cc(NC(=O)CN2CC[C@H]3CCCC[C@@H]3C2)on1. The van der Waals surface area contributed by atoms with Crippen molar-refractivity contribution in [1.29, 1.82) is 0 Å². The van der Waals surface area contributed by atoms with Crippen molar-refractivity contribution in [1.82, 2.24) is 10.1 Å². The lowest BCUT2D eigenvalue weighted by molar-refractivity contribution is -0.118. The number of piperidine rings is 1. The average molecular weight is 277 g/mol. The number of fused-ring (bicyclic) bond motifs is 1. The molecule has 5 heteroatoms. The number of aromatic nitrogens is 1. The number of amides is 1. The van der Waals surface area contributed by atoms with E-state index in [0.717, 1.165) is 30.6 Å². The van der Waals surface area contributed by atoms with Gasteiger partial charge in [0.05, 0.1) is 12.2 Å². The van der Waals surface area contributed by atoms with Crippen LogP contribution in [0.3, 0.4) is 0 Å². The smallest absolute Gasteiger partial charge is 0.240 e. The molecule has 0 radical (unpaired) electrons. The molecule has 2 aliphatic rings. The maximum Gasteiger partial charge on any atom is 0.240 e. The van der Waals surface area contributed by atoms with Crippen LogP contribution in [0.25, 0.3) is 0 Å². The molecule has 0 unspecified atom stereocenters. The number of carbonyl (C=O) groups excluding carboxylic acids is 1. The van der Waals surface area contributed by atoms with Crippen molar-refractivity contribution >= 4 is 11.8 Å². The van der Waals surface area contributed by atoms with Crippen LogP contribution in [0.2, 0.25) is 0 Å². The molecule has 1 saturated heterocycles. The predicted octanol–water partition coefficient (Wildman–Crippen LogP) is 2.43. The summed E-state index contributed by atoms with van der Waals surface area (Å²) in [5, 5.41) is 6.54. The van der Waals surface area contributed by atoms with Crippen LogP contribution in [0.1, 0.15) is 37.8 Å². The summed E-state index contributed by atoms with van der Waals surface area (Å²) in [4.78, 5) is 14.3. The molecule has 3 rings (SSSR count). The summed E-state index contributed by atoms with van der Waals surface area (Å²) in [6, 6.07) is 1.74. The lowest BCUT2D eigenvalue weighted by atomic mass is 9.75. The normalized spacial score (nSPS) is 27.1. The van der Waals surface area contributed by atoms with Gasteiger partial charge in [0.2, 0.25) is 11.8 Å². The van der Waals surface area contributed by atoms with Gasteiger partial charge in [-0.25, -0.2) is 0 Å². The summed E-state index contributed by atoms with van der Waals surface area (Å²) in [7, 11) is 0. The van der Waals surface area contributed by atoms with E-state index in [1.165, 1.54) is 32.1 Å². The maximum absolute atomic E-state index is 12.0. The maximum atomic E-state index is 12.0. The second kappa shape index (κ2) is 5.95. The van der Waals surface area contributed by atoms with E-state index in [1.54, 1.807) is 6.07 Å². The molecular weight excluding hydrogens is 254 g/mol. The Balaban J connectivity index is 1.49. The number of hydrogen-bond donors (Lipinski definition) is 1. The summed E-state index contributed by atoms with van der Waals surface area (Å²) in [6.07, 6.45) is 6.73. The van der Waals surface area contributed by atoms with Gasteiger partial charge in [0.1, 0.15) is 0 Å². The summed E-state index contributed by atoms with van der Waals surface area (Å²) >= 11 is 0. The van der Waals surface area contributed by atoms with E-state index in [-0.39, 0.29) is 5.91 Å². The van der Waals surface area contributed by atoms with Gasteiger partial charge in [-0.3, -0.25) is 15.0 Å². The minimum Gasteiger partial charge on any atom is -0.338 e. The third kappa shape index (κ3) is 3.20. The molecule has 2 fully saturated rings. The molecule has 1 aliphatic carbocycles. The van der Waals surface area contributed by atoms with Gasteiger partial charge in [-0.15, -0.1) is 0 Å². The zero-order valence-electron chi connectivity index (χ0n) is 12.1. The average Bonchev–Trinajstić information content (AvgIpc) is 2.83. The standard InChI is InChI=1S/C15H23N3O2/c1-11-8-15(20-17-11)16-14(19)10-18-7-6-12-4-2-3-5-13(12)9-18/h8,12-13H,2-7,9-10H2,1H3,(H,16,19)/t12-,13-/m1/s1. The highest BCUT2D eigenvalue weighted by Gasteiger charge is 2.31. The molecule has 0 aromatic carbocycles. The topological polar surface area (TPSA) is 58.4 Å². The van der Waals surface area contributed by atoms with E-state index in [1.807, 2.05) is 6.92 Å². The highest BCUT2D eigenvalue weighted by atomic mass is 16.5. The van der Waals surface area contributed by atoms with Crippen LogP contribution in [0.4, 0.5) is 5.88 Å². The van der Waals surface area contributed by atoms with Gasteiger partial charge in [-0.05, 0) is 38.1 Å². The van der Waals surface area contributed by atoms with Crippen molar-refractivity contribution in [3.63, 3.8) is 0 Å². The van der Waals surface area contributed by atoms with Gasteiger partial charge >= 0.3 is 0 Å². The summed E-state index contributed by atoms with van der Waals surface area (Å²) in [6.45, 7) is 4.42. The second-order valence-corrected chi connectivity index (χ2v) is 6.21. The first-order valence-electron chi connectivity index (χ1n) is 7.66. The summed E-state index contributed by atoms with van der Waals surface area (Å²) in [5.74, 6) is 2.15. The van der Waals surface area contributed by atoms with Crippen molar-refractivity contribution in [3.05, 3.63) is 11.8 Å². The van der Waals surface area contributed by atoms with Gasteiger partial charge < -0.3 is 4.52 Å². The van der Waals surface area contributed by atoms with E-state index in [2.05, 4.69) is 15.4 Å². The molecule has 20 heavy (non-hydrogen) atoms. The Bertz CT molecular complexity index is 471. The van der Waals surface area contributed by atoms with Crippen LogP contribution in [-0.2, 0) is 4.79 Å². The van der Waals surface area contributed by atoms with Gasteiger partial charge in [0, 0.05) is 12.6 Å². The van der Waals surface area contributed by atoms with Gasteiger partial charge in [0.15, 0.2) is 0 Å². The van der Waals surface area contributed by atoms with Gasteiger partial charge in [-0.1, -0.05) is 24.4 Å². The molecule has 1 aromatic rings. The van der Waals surface area contributed by atoms with Crippen LogP contribution >= 0.6 is 0 Å². The lowest BCUT2D eigenvalue weighted by Crippen LogP contribution is -2.44. The van der Waals surface area contributed by atoms with Crippen molar-refractivity contribution in [2.75, 3.05) is 25.0 Å². The minimum atomic E-state index is -0.00425. The fraction of sp³-hybridized carbons (Fsp3) is 0.733. The molecule has 1 aliphatic heterocycles. The fourth-order valence-electron chi connectivity index (χ4n) is 3.62. The van der Waals surface area contributed by atoms with E-state index in [9.17, 15) is 4.79 Å². The van der Waals surface area contributed by atoms with Crippen LogP contribution in [-0.4, -0.2) is 35.6 Å². The highest BCUT2D eigenvalue weighted by molar-refractivity contribution is 5.90. The molecule has 2 atom stereocenters. The molecule has 110 valence electrons. The first kappa shape index (κ1) is 13.6. The molecule has 1 N–H and O–H groups in total. The van der Waals surface area contributed by atoms with E-state index >= 15 is 0 Å². The second-order valence-electron chi connectivity index (χ2n) is 6.21. The van der Waals surface area contributed by atoms with Crippen molar-refractivity contribution in [3.8, 4) is 0 Å².